The van der Waals surface area contributed by atoms with Crippen LogP contribution in [0.2, 0.25) is 13.1 Å². The molecule has 0 aliphatic heterocycles. The fourth-order valence-electron chi connectivity index (χ4n) is 1.70. The molecule has 0 aromatic carbocycles. The molecular formula is C16H36O4Si. The van der Waals surface area contributed by atoms with Crippen LogP contribution in [0, 0.1) is 0 Å². The van der Waals surface area contributed by atoms with E-state index in [0.29, 0.717) is 0 Å². The van der Waals surface area contributed by atoms with Crippen LogP contribution >= 0.6 is 0 Å². The second-order valence-electron chi connectivity index (χ2n) is 5.74. The third kappa shape index (κ3) is 16.3. The molecule has 0 amide bonds. The molecule has 0 aromatic heterocycles. The summed E-state index contributed by atoms with van der Waals surface area (Å²) in [5.41, 5.74) is 0. The Kier molecular flexibility index (Phi) is 15.0. The van der Waals surface area contributed by atoms with Crippen molar-refractivity contribution in [2.75, 3.05) is 39.6 Å². The van der Waals surface area contributed by atoms with Gasteiger partial charge in [-0.15, -0.1) is 0 Å². The van der Waals surface area contributed by atoms with Gasteiger partial charge in [0.05, 0.1) is 0 Å². The van der Waals surface area contributed by atoms with Crippen LogP contribution in [0.5, 0.6) is 0 Å². The molecule has 0 bridgehead atoms. The zero-order chi connectivity index (χ0) is 15.8. The first-order valence-electron chi connectivity index (χ1n) is 8.55. The summed E-state index contributed by atoms with van der Waals surface area (Å²) >= 11 is 0. The van der Waals surface area contributed by atoms with Gasteiger partial charge in [0.1, 0.15) is 0 Å². The van der Waals surface area contributed by atoms with E-state index in [9.17, 15) is 0 Å². The van der Waals surface area contributed by atoms with Crippen LogP contribution in [-0.2, 0) is 18.3 Å². The summed E-state index contributed by atoms with van der Waals surface area (Å²) in [6.45, 7) is 13.3. The lowest BCUT2D eigenvalue weighted by molar-refractivity contribution is 0.0955. The molecule has 128 valence electrons. The van der Waals surface area contributed by atoms with Gasteiger partial charge in [-0.3, -0.25) is 0 Å². The van der Waals surface area contributed by atoms with E-state index in [1.54, 1.807) is 0 Å². The Hall–Kier alpha value is 0.0569. The van der Waals surface area contributed by atoms with Crippen LogP contribution in [0.25, 0.3) is 0 Å². The van der Waals surface area contributed by atoms with Crippen molar-refractivity contribution in [1.82, 2.24) is 0 Å². The van der Waals surface area contributed by atoms with E-state index in [-0.39, 0.29) is 0 Å². The van der Waals surface area contributed by atoms with Crippen LogP contribution in [0.1, 0.15) is 52.4 Å². The minimum Gasteiger partial charge on any atom is -0.394 e. The highest BCUT2D eigenvalue weighted by Gasteiger charge is 2.23. The second kappa shape index (κ2) is 15.0. The number of ether oxygens (including phenoxy) is 2. The molecule has 0 atom stereocenters. The molecule has 4 nitrogen and oxygen atoms in total. The Bertz CT molecular complexity index is 192. The van der Waals surface area contributed by atoms with Crippen molar-refractivity contribution in [2.24, 2.45) is 0 Å². The molecule has 5 heteroatoms. The quantitative estimate of drug-likeness (QED) is 0.316. The van der Waals surface area contributed by atoms with Crippen molar-refractivity contribution >= 4 is 8.56 Å². The van der Waals surface area contributed by atoms with Crippen LogP contribution < -0.4 is 0 Å². The number of hydrogen-bond acceptors (Lipinski definition) is 4. The molecule has 0 saturated heterocycles. The van der Waals surface area contributed by atoms with E-state index >= 15 is 0 Å². The SMILES string of the molecule is CCCCOCCCO[Si](C)(C)OCCCOCCCC. The van der Waals surface area contributed by atoms with Gasteiger partial charge >= 0.3 is 8.56 Å². The normalized spacial score (nSPS) is 12.0. The highest BCUT2D eigenvalue weighted by atomic mass is 28.4. The van der Waals surface area contributed by atoms with Crippen LogP contribution in [0.4, 0.5) is 0 Å². The van der Waals surface area contributed by atoms with Crippen LogP contribution in [0.15, 0.2) is 0 Å². The number of hydrogen-bond donors (Lipinski definition) is 0. The number of unbranched alkanes of at least 4 members (excludes halogenated alkanes) is 2. The largest absolute Gasteiger partial charge is 0.394 e. The maximum absolute atomic E-state index is 5.88. The highest BCUT2D eigenvalue weighted by molar-refractivity contribution is 6.64. The molecule has 0 radical (unpaired) electrons. The summed E-state index contributed by atoms with van der Waals surface area (Å²) in [7, 11) is -1.97. The fourth-order valence-corrected chi connectivity index (χ4v) is 3.05. The van der Waals surface area contributed by atoms with Crippen LogP contribution in [0.3, 0.4) is 0 Å². The van der Waals surface area contributed by atoms with Crippen molar-refractivity contribution in [3.63, 3.8) is 0 Å². The summed E-state index contributed by atoms with van der Waals surface area (Å²) in [5, 5.41) is 0. The van der Waals surface area contributed by atoms with Crippen molar-refractivity contribution in [3.8, 4) is 0 Å². The van der Waals surface area contributed by atoms with Gasteiger partial charge in [-0.25, -0.2) is 0 Å². The average molecular weight is 321 g/mol. The zero-order valence-corrected chi connectivity index (χ0v) is 15.6. The second-order valence-corrected chi connectivity index (χ2v) is 9.11. The zero-order valence-electron chi connectivity index (χ0n) is 14.6. The van der Waals surface area contributed by atoms with Gasteiger partial charge in [0.25, 0.3) is 0 Å². The smallest absolute Gasteiger partial charge is 0.331 e. The Labute approximate surface area is 132 Å². The van der Waals surface area contributed by atoms with Crippen molar-refractivity contribution < 1.29 is 18.3 Å². The lowest BCUT2D eigenvalue weighted by Gasteiger charge is -2.22. The Balaban J connectivity index is 3.35. The summed E-state index contributed by atoms with van der Waals surface area (Å²) in [5.74, 6) is 0. The standard InChI is InChI=1S/C16H36O4Si/c1-5-7-11-17-13-9-15-19-21(3,4)20-16-10-14-18-12-8-6-2/h5-16H2,1-4H3. The van der Waals surface area contributed by atoms with Gasteiger partial charge in [0.2, 0.25) is 0 Å². The lowest BCUT2D eigenvalue weighted by atomic mass is 10.4. The molecule has 0 aliphatic rings. The van der Waals surface area contributed by atoms with E-state index in [1.165, 1.54) is 12.8 Å². The van der Waals surface area contributed by atoms with E-state index in [2.05, 4.69) is 26.9 Å². The van der Waals surface area contributed by atoms with Crippen molar-refractivity contribution in [2.45, 2.75) is 65.5 Å². The van der Waals surface area contributed by atoms with Gasteiger partial charge in [-0.05, 0) is 38.8 Å². The molecule has 0 heterocycles. The highest BCUT2D eigenvalue weighted by Crippen LogP contribution is 2.08. The third-order valence-corrected chi connectivity index (χ3v) is 4.85. The molecular weight excluding hydrogens is 284 g/mol. The minimum atomic E-state index is -1.97. The summed E-state index contributed by atoms with van der Waals surface area (Å²) in [4.78, 5) is 0. The van der Waals surface area contributed by atoms with E-state index in [1.807, 2.05) is 0 Å². The van der Waals surface area contributed by atoms with Gasteiger partial charge in [-0.2, -0.15) is 0 Å². The van der Waals surface area contributed by atoms with Crippen LogP contribution in [-0.4, -0.2) is 48.2 Å². The first-order valence-corrected chi connectivity index (χ1v) is 11.4. The maximum atomic E-state index is 5.88. The first-order chi connectivity index (χ1) is 10.1. The summed E-state index contributed by atoms with van der Waals surface area (Å²) in [6.07, 6.45) is 6.56. The minimum absolute atomic E-state index is 0.734. The van der Waals surface area contributed by atoms with Gasteiger partial charge in [0.15, 0.2) is 0 Å². The van der Waals surface area contributed by atoms with Gasteiger partial charge < -0.3 is 18.3 Å². The molecule has 0 fully saturated rings. The summed E-state index contributed by atoms with van der Waals surface area (Å²) < 4.78 is 22.8. The van der Waals surface area contributed by atoms with E-state index in [0.717, 1.165) is 65.3 Å². The third-order valence-electron chi connectivity index (χ3n) is 3.05. The summed E-state index contributed by atoms with van der Waals surface area (Å²) in [6, 6.07) is 0. The van der Waals surface area contributed by atoms with Gasteiger partial charge in [0, 0.05) is 39.6 Å². The molecule has 0 unspecified atom stereocenters. The molecule has 0 spiro atoms. The Morgan fingerprint density at radius 2 is 0.952 bits per heavy atom. The lowest BCUT2D eigenvalue weighted by Crippen LogP contribution is -2.36. The average Bonchev–Trinajstić information content (AvgIpc) is 2.45. The van der Waals surface area contributed by atoms with E-state index < -0.39 is 8.56 Å². The van der Waals surface area contributed by atoms with E-state index in [4.69, 9.17) is 18.3 Å². The van der Waals surface area contributed by atoms with Crippen molar-refractivity contribution in [1.29, 1.82) is 0 Å². The Morgan fingerprint density at radius 3 is 1.33 bits per heavy atom. The Morgan fingerprint density at radius 1 is 0.571 bits per heavy atom. The topological polar surface area (TPSA) is 36.9 Å². The molecule has 0 N–H and O–H groups in total. The predicted molar refractivity (Wildman–Crippen MR) is 90.1 cm³/mol. The van der Waals surface area contributed by atoms with Gasteiger partial charge in [-0.1, -0.05) is 26.7 Å². The maximum Gasteiger partial charge on any atom is 0.331 e. The predicted octanol–water partition coefficient (Wildman–Crippen LogP) is 4.14. The monoisotopic (exact) mass is 320 g/mol. The molecule has 0 saturated carbocycles. The molecule has 0 aromatic rings. The molecule has 21 heavy (non-hydrogen) atoms. The molecule has 0 rings (SSSR count). The molecule has 0 aliphatic carbocycles. The number of rotatable bonds is 16. The first kappa shape index (κ1) is 21.1. The van der Waals surface area contributed by atoms with Crippen molar-refractivity contribution in [3.05, 3.63) is 0 Å². The fraction of sp³-hybridized carbons (Fsp3) is 1.00.